The minimum atomic E-state index is -0.446. The predicted octanol–water partition coefficient (Wildman–Crippen LogP) is 9.76. The molecule has 1 aliphatic rings. The van der Waals surface area contributed by atoms with E-state index in [2.05, 4.69) is 41.5 Å². The van der Waals surface area contributed by atoms with Gasteiger partial charge in [0.25, 0.3) is 11.4 Å². The highest BCUT2D eigenvalue weighted by atomic mass is 16.6. The van der Waals surface area contributed by atoms with Gasteiger partial charge in [0.1, 0.15) is 23.0 Å². The van der Waals surface area contributed by atoms with E-state index < -0.39 is 9.85 Å². The quantitative estimate of drug-likeness (QED) is 0.131. The molecule has 10 nitrogen and oxygen atoms in total. The predicted molar refractivity (Wildman–Crippen MR) is 203 cm³/mol. The number of fused-ring (bicyclic) bond motifs is 8. The molecule has 4 aromatic carbocycles. The van der Waals surface area contributed by atoms with E-state index in [0.717, 1.165) is 11.1 Å². The number of rotatable bonds is 6. The van der Waals surface area contributed by atoms with Crippen molar-refractivity contribution in [1.82, 2.24) is 0 Å². The molecule has 0 heterocycles. The highest BCUT2D eigenvalue weighted by Gasteiger charge is 2.28. The molecule has 4 aromatic rings. The molecule has 0 radical (unpaired) electrons. The summed E-state index contributed by atoms with van der Waals surface area (Å²) < 4.78 is 12.9. The van der Waals surface area contributed by atoms with Gasteiger partial charge in [0, 0.05) is 72.2 Å². The number of nitro benzene ring substituents is 2. The van der Waals surface area contributed by atoms with E-state index in [0.29, 0.717) is 56.0 Å². The number of nitro groups is 2. The molecule has 52 heavy (non-hydrogen) atoms. The molecular weight excluding hydrogens is 660 g/mol. The highest BCUT2D eigenvalue weighted by molar-refractivity contribution is 5.61. The van der Waals surface area contributed by atoms with Crippen LogP contribution in [0.1, 0.15) is 125 Å². The third-order valence-electron chi connectivity index (χ3n) is 9.38. The fraction of sp³-hybridized carbons (Fsp3) is 0.429. The molecule has 0 spiro atoms. The summed E-state index contributed by atoms with van der Waals surface area (Å²) in [6.45, 7) is 19.9. The lowest BCUT2D eigenvalue weighted by Gasteiger charge is -2.27. The number of non-ortho nitro benzene ring substituents is 2. The van der Waals surface area contributed by atoms with E-state index in [1.807, 2.05) is 52.0 Å². The molecule has 0 amide bonds. The summed E-state index contributed by atoms with van der Waals surface area (Å²) in [6, 6.07) is 13.6. The Morgan fingerprint density at radius 2 is 0.769 bits per heavy atom. The topological polar surface area (TPSA) is 145 Å². The van der Waals surface area contributed by atoms with E-state index in [4.69, 9.17) is 9.47 Å². The Morgan fingerprint density at radius 3 is 0.962 bits per heavy atom. The summed E-state index contributed by atoms with van der Waals surface area (Å²) in [5.41, 5.74) is 5.11. The van der Waals surface area contributed by atoms with Crippen molar-refractivity contribution in [2.75, 3.05) is 0 Å². The SMILES string of the molecule is CC(C)Oc1c2cc(C(C)(C)C)cc1Cc1cc([N+](=O)[O-])cc(c1O)Cc1cc(C(C)(C)C)cc(c1OC(C)C)Cc1cc([N+](=O)[O-])cc(c1O)C2. The van der Waals surface area contributed by atoms with Gasteiger partial charge in [0.15, 0.2) is 0 Å². The Balaban J connectivity index is 1.94. The third kappa shape index (κ3) is 8.16. The third-order valence-corrected chi connectivity index (χ3v) is 9.38. The zero-order valence-electron chi connectivity index (χ0n) is 31.8. The molecule has 0 atom stereocenters. The molecule has 2 N–H and O–H groups in total. The van der Waals surface area contributed by atoms with E-state index >= 15 is 0 Å². The number of hydrogen-bond donors (Lipinski definition) is 2. The monoisotopic (exact) mass is 710 g/mol. The second-order valence-electron chi connectivity index (χ2n) is 16.5. The molecule has 0 saturated heterocycles. The molecule has 276 valence electrons. The smallest absolute Gasteiger partial charge is 0.270 e. The van der Waals surface area contributed by atoms with Crippen molar-refractivity contribution < 1.29 is 29.5 Å². The Kier molecular flexibility index (Phi) is 10.4. The fourth-order valence-electron chi connectivity index (χ4n) is 6.73. The molecule has 1 aliphatic carbocycles. The van der Waals surface area contributed by atoms with Crippen LogP contribution in [0.3, 0.4) is 0 Å². The normalized spacial score (nSPS) is 13.3. The van der Waals surface area contributed by atoms with Crippen LogP contribution in [0.5, 0.6) is 23.0 Å². The summed E-state index contributed by atoms with van der Waals surface area (Å²) in [5.74, 6) is 0.908. The molecule has 8 bridgehead atoms. The molecular formula is C42H50N2O8. The molecule has 0 unspecified atom stereocenters. The minimum Gasteiger partial charge on any atom is -0.507 e. The van der Waals surface area contributed by atoms with Gasteiger partial charge in [-0.25, -0.2) is 0 Å². The van der Waals surface area contributed by atoms with Crippen LogP contribution in [0.2, 0.25) is 0 Å². The molecule has 0 fully saturated rings. The largest absolute Gasteiger partial charge is 0.507 e. The average molecular weight is 711 g/mol. The van der Waals surface area contributed by atoms with Crippen LogP contribution >= 0.6 is 0 Å². The fourth-order valence-corrected chi connectivity index (χ4v) is 6.73. The van der Waals surface area contributed by atoms with Crippen LogP contribution in [-0.4, -0.2) is 32.3 Å². The first-order valence-electron chi connectivity index (χ1n) is 17.8. The lowest BCUT2D eigenvalue weighted by Crippen LogP contribution is -2.17. The van der Waals surface area contributed by atoms with Crippen molar-refractivity contribution in [3.05, 3.63) is 124 Å². The Bertz CT molecular complexity index is 1810. The zero-order valence-corrected chi connectivity index (χ0v) is 31.8. The van der Waals surface area contributed by atoms with Gasteiger partial charge in [-0.15, -0.1) is 0 Å². The van der Waals surface area contributed by atoms with Crippen LogP contribution in [0, 0.1) is 20.2 Å². The van der Waals surface area contributed by atoms with Crippen LogP contribution in [0.15, 0.2) is 48.5 Å². The number of hydrogen-bond acceptors (Lipinski definition) is 8. The second kappa shape index (κ2) is 14.1. The molecule has 0 aromatic heterocycles. The van der Waals surface area contributed by atoms with E-state index in [9.17, 15) is 30.4 Å². The van der Waals surface area contributed by atoms with Crippen LogP contribution in [0.4, 0.5) is 11.4 Å². The number of phenols is 2. The van der Waals surface area contributed by atoms with Gasteiger partial charge < -0.3 is 19.7 Å². The standard InChI is InChI=1S/C42H50N2O8/c1-23(2)51-39-29-11-25-19-35(43(47)48)21-27(37(25)45)13-31-17-34(42(8,9)10)18-32(40(31)52-24(3)4)14-28-22-36(44(49)50)20-26(38(28)46)12-30(39)16-33(15-29)41(5,6)7/h15-24,45-46H,11-14H2,1-10H3. The van der Waals surface area contributed by atoms with Gasteiger partial charge in [-0.2, -0.15) is 0 Å². The Hall–Kier alpha value is -5.12. The maximum atomic E-state index is 12.4. The first-order valence-corrected chi connectivity index (χ1v) is 17.8. The van der Waals surface area contributed by atoms with Gasteiger partial charge in [-0.1, -0.05) is 65.8 Å². The van der Waals surface area contributed by atoms with Crippen molar-refractivity contribution in [3.8, 4) is 23.0 Å². The van der Waals surface area contributed by atoms with Crippen molar-refractivity contribution in [2.45, 2.75) is 118 Å². The highest BCUT2D eigenvalue weighted by Crippen LogP contribution is 2.43. The number of phenolic OH excluding ortho intramolecular Hbond substituents is 2. The van der Waals surface area contributed by atoms with Crippen molar-refractivity contribution in [3.63, 3.8) is 0 Å². The van der Waals surface area contributed by atoms with Gasteiger partial charge in [0.05, 0.1) is 22.1 Å². The number of nitrogens with zero attached hydrogens (tertiary/aromatic N) is 2. The molecule has 5 rings (SSSR count). The summed E-state index contributed by atoms with van der Waals surface area (Å²) in [4.78, 5) is 23.8. The van der Waals surface area contributed by atoms with Gasteiger partial charge in [-0.05, 0) is 71.9 Å². The van der Waals surface area contributed by atoms with E-state index in [1.54, 1.807) is 0 Å². The zero-order chi connectivity index (χ0) is 38.4. The van der Waals surface area contributed by atoms with Crippen LogP contribution in [0.25, 0.3) is 0 Å². The van der Waals surface area contributed by atoms with Crippen molar-refractivity contribution >= 4 is 11.4 Å². The maximum Gasteiger partial charge on any atom is 0.270 e. The second-order valence-corrected chi connectivity index (χ2v) is 16.5. The van der Waals surface area contributed by atoms with Gasteiger partial charge >= 0.3 is 0 Å². The summed E-state index contributed by atoms with van der Waals surface area (Å²) in [7, 11) is 0. The van der Waals surface area contributed by atoms with Crippen LogP contribution in [-0.2, 0) is 36.5 Å². The van der Waals surface area contributed by atoms with Crippen molar-refractivity contribution in [2.24, 2.45) is 0 Å². The van der Waals surface area contributed by atoms with Gasteiger partial charge in [0.2, 0.25) is 0 Å². The number of aromatic hydroxyl groups is 2. The average Bonchev–Trinajstić information content (AvgIpc) is 3.01. The number of ether oxygens (including phenoxy) is 2. The molecule has 10 heteroatoms. The first kappa shape index (κ1) is 38.1. The maximum absolute atomic E-state index is 12.4. The van der Waals surface area contributed by atoms with Crippen molar-refractivity contribution in [1.29, 1.82) is 0 Å². The number of benzene rings is 4. The van der Waals surface area contributed by atoms with Gasteiger partial charge in [-0.3, -0.25) is 20.2 Å². The lowest BCUT2D eigenvalue weighted by molar-refractivity contribution is -0.385. The Labute approximate surface area is 305 Å². The summed E-state index contributed by atoms with van der Waals surface area (Å²) >= 11 is 0. The summed E-state index contributed by atoms with van der Waals surface area (Å²) in [6.07, 6.45) is -0.118. The molecule has 0 saturated carbocycles. The molecule has 0 aliphatic heterocycles. The van der Waals surface area contributed by atoms with E-state index in [1.165, 1.54) is 24.3 Å². The minimum absolute atomic E-state index is 0.0485. The summed E-state index contributed by atoms with van der Waals surface area (Å²) in [5, 5.41) is 48.6. The van der Waals surface area contributed by atoms with E-state index in [-0.39, 0.29) is 71.6 Å². The van der Waals surface area contributed by atoms with Crippen LogP contribution < -0.4 is 9.47 Å². The lowest BCUT2D eigenvalue weighted by atomic mass is 9.81. The Morgan fingerprint density at radius 1 is 0.519 bits per heavy atom. The first-order chi connectivity index (χ1) is 24.1.